The van der Waals surface area contributed by atoms with Gasteiger partial charge in [0.15, 0.2) is 5.82 Å². The lowest BCUT2D eigenvalue weighted by atomic mass is 10.4. The molecule has 0 saturated heterocycles. The summed E-state index contributed by atoms with van der Waals surface area (Å²) in [6.45, 7) is 0.397. The predicted molar refractivity (Wildman–Crippen MR) is 86.5 cm³/mol. The zero-order valence-electron chi connectivity index (χ0n) is 9.01. The number of nitrogens with zero attached hydrogens (tertiary/aromatic N) is 2. The first-order valence-electron chi connectivity index (χ1n) is 4.69. The van der Waals surface area contributed by atoms with Crippen LogP contribution in [0, 0.1) is 3.57 Å². The van der Waals surface area contributed by atoms with E-state index in [1.165, 1.54) is 11.3 Å². The minimum Gasteiger partial charge on any atom is -0.378 e. The van der Waals surface area contributed by atoms with Crippen LogP contribution in [0.4, 0.5) is 0 Å². The van der Waals surface area contributed by atoms with E-state index in [2.05, 4.69) is 48.5 Å². The molecule has 0 fully saturated rings. The lowest BCUT2D eigenvalue weighted by Crippen LogP contribution is -2.01. The van der Waals surface area contributed by atoms with Gasteiger partial charge in [-0.3, -0.25) is 0 Å². The van der Waals surface area contributed by atoms with Gasteiger partial charge in [0.1, 0.15) is 9.49 Å². The molecule has 2 heterocycles. The average Bonchev–Trinajstić information content (AvgIpc) is 2.65. The van der Waals surface area contributed by atoms with Crippen molar-refractivity contribution in [3.05, 3.63) is 29.3 Å². The lowest BCUT2D eigenvalue weighted by Gasteiger charge is -2.06. The Morgan fingerprint density at radius 2 is 2.17 bits per heavy atom. The van der Waals surface area contributed by atoms with Crippen molar-refractivity contribution in [2.45, 2.75) is 6.61 Å². The quantitative estimate of drug-likeness (QED) is 0.458. The van der Waals surface area contributed by atoms with Crippen molar-refractivity contribution in [2.75, 3.05) is 7.11 Å². The van der Waals surface area contributed by atoms with Gasteiger partial charge in [-0.05, 0) is 44.6 Å². The van der Waals surface area contributed by atoms with E-state index in [0.29, 0.717) is 21.9 Å². The first-order chi connectivity index (χ1) is 8.52. The molecule has 0 aliphatic rings. The molecule has 0 saturated carbocycles. The van der Waals surface area contributed by atoms with E-state index in [4.69, 9.17) is 27.9 Å². The van der Waals surface area contributed by atoms with E-state index in [1.807, 2.05) is 6.07 Å². The zero-order valence-corrected chi connectivity index (χ0v) is 15.1. The highest BCUT2D eigenvalue weighted by molar-refractivity contribution is 14.1. The highest BCUT2D eigenvalue weighted by Gasteiger charge is 2.14. The fourth-order valence-corrected chi connectivity index (χ4v) is 3.48. The normalized spacial score (nSPS) is 10.9. The highest BCUT2D eigenvalue weighted by Crippen LogP contribution is 2.37. The second kappa shape index (κ2) is 6.32. The molecule has 0 aliphatic heterocycles. The molecule has 18 heavy (non-hydrogen) atoms. The third-order valence-corrected chi connectivity index (χ3v) is 6.22. The smallest absolute Gasteiger partial charge is 0.171 e. The maximum Gasteiger partial charge on any atom is 0.171 e. The Bertz CT molecular complexity index is 574. The minimum absolute atomic E-state index is 0.397. The number of aromatic nitrogens is 2. The number of thiophene rings is 1. The van der Waals surface area contributed by atoms with Crippen LogP contribution < -0.4 is 0 Å². The van der Waals surface area contributed by atoms with Crippen LogP contribution in [-0.2, 0) is 11.3 Å². The van der Waals surface area contributed by atoms with Crippen LogP contribution in [0.5, 0.6) is 0 Å². The molecule has 3 nitrogen and oxygen atoms in total. The molecule has 2 rings (SSSR count). The van der Waals surface area contributed by atoms with Gasteiger partial charge in [-0.2, -0.15) is 0 Å². The van der Waals surface area contributed by atoms with Crippen LogP contribution in [0.2, 0.25) is 9.49 Å². The molecule has 0 N–H and O–H groups in total. The number of hydrogen-bond acceptors (Lipinski definition) is 4. The third-order valence-electron chi connectivity index (χ3n) is 2.03. The Hall–Kier alpha value is 0.530. The summed E-state index contributed by atoms with van der Waals surface area (Å²) in [5.74, 6) is 0.560. The van der Waals surface area contributed by atoms with E-state index in [0.717, 1.165) is 18.6 Å². The molecule has 2 aromatic heterocycles. The zero-order chi connectivity index (χ0) is 13.3. The van der Waals surface area contributed by atoms with Crippen molar-refractivity contribution in [1.29, 1.82) is 0 Å². The fraction of sp³-hybridized carbons (Fsp3) is 0.200. The number of methoxy groups -OCH3 is 1. The van der Waals surface area contributed by atoms with Gasteiger partial charge in [0.2, 0.25) is 0 Å². The summed E-state index contributed by atoms with van der Waals surface area (Å²) in [6, 6.07) is 1.88. The van der Waals surface area contributed by atoms with Crippen molar-refractivity contribution in [1.82, 2.24) is 9.97 Å². The van der Waals surface area contributed by atoms with E-state index in [1.54, 1.807) is 7.11 Å². The van der Waals surface area contributed by atoms with Crippen LogP contribution in [0.25, 0.3) is 10.7 Å². The molecular formula is C10H6BrCl2IN2OS. The molecule has 0 spiro atoms. The Morgan fingerprint density at radius 1 is 1.44 bits per heavy atom. The lowest BCUT2D eigenvalue weighted by molar-refractivity contribution is 0.181. The minimum atomic E-state index is 0.397. The van der Waals surface area contributed by atoms with Gasteiger partial charge in [-0.15, -0.1) is 11.3 Å². The maximum absolute atomic E-state index is 6.10. The second-order valence-corrected chi connectivity index (χ2v) is 7.21. The van der Waals surface area contributed by atoms with Crippen LogP contribution in [0.15, 0.2) is 10.5 Å². The van der Waals surface area contributed by atoms with Gasteiger partial charge < -0.3 is 4.74 Å². The first-order valence-corrected chi connectivity index (χ1v) is 8.13. The Morgan fingerprint density at radius 3 is 2.72 bits per heavy atom. The van der Waals surface area contributed by atoms with E-state index < -0.39 is 0 Å². The van der Waals surface area contributed by atoms with Crippen molar-refractivity contribution >= 4 is 73.1 Å². The monoisotopic (exact) mass is 478 g/mol. The van der Waals surface area contributed by atoms with Crippen molar-refractivity contribution in [2.24, 2.45) is 0 Å². The molecule has 0 atom stereocenters. The molecule has 0 aliphatic carbocycles. The summed E-state index contributed by atoms with van der Waals surface area (Å²) in [5, 5.41) is 0.424. The summed E-state index contributed by atoms with van der Waals surface area (Å²) in [4.78, 5) is 9.58. The van der Waals surface area contributed by atoms with Gasteiger partial charge in [0, 0.05) is 11.6 Å². The van der Waals surface area contributed by atoms with E-state index >= 15 is 0 Å². The van der Waals surface area contributed by atoms with Crippen LogP contribution >= 0.6 is 73.1 Å². The molecule has 0 unspecified atom stereocenters. The van der Waals surface area contributed by atoms with Crippen LogP contribution in [0.1, 0.15) is 5.69 Å². The second-order valence-electron chi connectivity index (χ2n) is 3.26. The van der Waals surface area contributed by atoms with Gasteiger partial charge >= 0.3 is 0 Å². The number of halogens is 4. The summed E-state index contributed by atoms with van der Waals surface area (Å²) in [7, 11) is 1.62. The van der Waals surface area contributed by atoms with Crippen LogP contribution in [0.3, 0.4) is 0 Å². The van der Waals surface area contributed by atoms with Crippen molar-refractivity contribution in [3.8, 4) is 10.7 Å². The Kier molecular flexibility index (Phi) is 5.24. The largest absolute Gasteiger partial charge is 0.378 e. The topological polar surface area (TPSA) is 35.0 Å². The third kappa shape index (κ3) is 3.16. The number of hydrogen-bond donors (Lipinski definition) is 0. The molecule has 0 radical (unpaired) electrons. The summed E-state index contributed by atoms with van der Waals surface area (Å²) in [5.41, 5.74) is 0.772. The summed E-state index contributed by atoms with van der Waals surface area (Å²) in [6.07, 6.45) is 0. The first kappa shape index (κ1) is 14.9. The van der Waals surface area contributed by atoms with Crippen molar-refractivity contribution in [3.63, 3.8) is 0 Å². The van der Waals surface area contributed by atoms with Gasteiger partial charge in [0.25, 0.3) is 0 Å². The average molecular weight is 480 g/mol. The highest BCUT2D eigenvalue weighted by atomic mass is 127. The Labute approximate surface area is 140 Å². The summed E-state index contributed by atoms with van der Waals surface area (Å²) >= 11 is 19.0. The van der Waals surface area contributed by atoms with Crippen LogP contribution in [-0.4, -0.2) is 17.1 Å². The molecular weight excluding hydrogens is 474 g/mol. The van der Waals surface area contributed by atoms with Crippen molar-refractivity contribution < 1.29 is 4.74 Å². The standard InChI is InChI=1S/C10H6BrCl2IN2OS/c1-17-3-5-7(14)8(12)16-10(15-5)6-2-4(11)9(13)18-6/h2H,3H2,1H3. The van der Waals surface area contributed by atoms with E-state index in [9.17, 15) is 0 Å². The molecule has 0 aromatic carbocycles. The van der Waals surface area contributed by atoms with Gasteiger partial charge in [-0.25, -0.2) is 9.97 Å². The van der Waals surface area contributed by atoms with E-state index in [-0.39, 0.29) is 0 Å². The number of ether oxygens (including phenoxy) is 1. The molecule has 0 amide bonds. The predicted octanol–water partition coefficient (Wildman–Crippen LogP) is 5.03. The Balaban J connectivity index is 2.51. The van der Waals surface area contributed by atoms with Gasteiger partial charge in [0.05, 0.1) is 20.7 Å². The molecule has 2 aromatic rings. The molecule has 8 heteroatoms. The maximum atomic E-state index is 6.10. The summed E-state index contributed by atoms with van der Waals surface area (Å²) < 4.78 is 7.40. The molecule has 96 valence electrons. The number of rotatable bonds is 3. The van der Waals surface area contributed by atoms with Gasteiger partial charge in [-0.1, -0.05) is 23.2 Å². The SMILES string of the molecule is COCc1nc(-c2cc(Br)c(Cl)s2)nc(Cl)c1I. The molecule has 0 bridgehead atoms. The fourth-order valence-electron chi connectivity index (χ4n) is 1.26.